The molecular weight excluding hydrogens is 252 g/mol. The van der Waals surface area contributed by atoms with E-state index in [0.717, 1.165) is 16.6 Å². The Morgan fingerprint density at radius 3 is 3.06 bits per heavy atom. The molecule has 0 spiro atoms. The summed E-state index contributed by atoms with van der Waals surface area (Å²) in [6.45, 7) is 3.70. The van der Waals surface area contributed by atoms with E-state index in [1.165, 1.54) is 0 Å². The van der Waals surface area contributed by atoms with Crippen LogP contribution in [0.1, 0.15) is 5.56 Å². The summed E-state index contributed by atoms with van der Waals surface area (Å²) in [5.41, 5.74) is 6.92. The molecule has 18 heavy (non-hydrogen) atoms. The Hall–Kier alpha value is -2.01. The summed E-state index contributed by atoms with van der Waals surface area (Å²) in [6.07, 6.45) is 3.49. The maximum atomic E-state index is 11.3. The first-order chi connectivity index (χ1) is 8.49. The van der Waals surface area contributed by atoms with E-state index in [-0.39, 0.29) is 11.6 Å². The van der Waals surface area contributed by atoms with Gasteiger partial charge in [0.05, 0.1) is 10.7 Å². The molecule has 2 rings (SSSR count). The van der Waals surface area contributed by atoms with Gasteiger partial charge in [0, 0.05) is 31.4 Å². The van der Waals surface area contributed by atoms with E-state index in [2.05, 4.69) is 16.9 Å². The molecule has 6 heteroatoms. The van der Waals surface area contributed by atoms with E-state index < -0.39 is 0 Å². The monoisotopic (exact) mass is 264 g/mol. The highest BCUT2D eigenvalue weighted by Crippen LogP contribution is 2.24. The number of hydrogen-bond donors (Lipinski definition) is 2. The molecule has 2 heterocycles. The number of aryl methyl sites for hydroxylation is 1. The van der Waals surface area contributed by atoms with Gasteiger partial charge < -0.3 is 15.6 Å². The van der Waals surface area contributed by atoms with E-state index in [0.29, 0.717) is 11.6 Å². The minimum absolute atomic E-state index is 0.0122. The molecule has 0 radical (unpaired) electrons. The summed E-state index contributed by atoms with van der Waals surface area (Å²) in [5, 5.41) is 4.13. The topological polar surface area (TPSA) is 72.9 Å². The van der Waals surface area contributed by atoms with Crippen LogP contribution in [0.4, 0.5) is 0 Å². The fourth-order valence-electron chi connectivity index (χ4n) is 1.65. The highest BCUT2D eigenvalue weighted by molar-refractivity contribution is 6.35. The minimum Gasteiger partial charge on any atom is -0.395 e. The average molecular weight is 265 g/mol. The smallest absolute Gasteiger partial charge is 0.266 e. The van der Waals surface area contributed by atoms with Crippen molar-refractivity contribution < 1.29 is 4.79 Å². The molecule has 2 aromatic rings. The average Bonchev–Trinajstić information content (AvgIpc) is 2.61. The van der Waals surface area contributed by atoms with Crippen LogP contribution in [0.25, 0.3) is 11.0 Å². The standard InChI is InChI=1S/C12H13ClN4O/c1-7(14)12(18)16-5-8-3-9-10(13)6-17(2)11(9)15-4-8/h3-4,6H,1,5,14H2,2H3,(H,16,18). The van der Waals surface area contributed by atoms with E-state index in [1.54, 1.807) is 12.4 Å². The van der Waals surface area contributed by atoms with Crippen molar-refractivity contribution in [2.24, 2.45) is 12.8 Å². The normalized spacial score (nSPS) is 10.6. The summed E-state index contributed by atoms with van der Waals surface area (Å²) in [5.74, 6) is -0.380. The fraction of sp³-hybridized carbons (Fsp3) is 0.167. The quantitative estimate of drug-likeness (QED) is 0.821. The lowest BCUT2D eigenvalue weighted by Crippen LogP contribution is -2.27. The van der Waals surface area contributed by atoms with Gasteiger partial charge in [-0.15, -0.1) is 0 Å². The molecule has 5 nitrogen and oxygen atoms in total. The second-order valence-corrected chi connectivity index (χ2v) is 4.42. The van der Waals surface area contributed by atoms with Crippen molar-refractivity contribution in [3.05, 3.63) is 41.3 Å². The number of pyridine rings is 1. The van der Waals surface area contributed by atoms with E-state index in [1.807, 2.05) is 17.7 Å². The van der Waals surface area contributed by atoms with Crippen LogP contribution in [0.15, 0.2) is 30.7 Å². The van der Waals surface area contributed by atoms with Crippen molar-refractivity contribution in [1.82, 2.24) is 14.9 Å². The van der Waals surface area contributed by atoms with Crippen LogP contribution in [0.2, 0.25) is 5.02 Å². The third kappa shape index (κ3) is 2.31. The first-order valence-electron chi connectivity index (χ1n) is 5.31. The van der Waals surface area contributed by atoms with Gasteiger partial charge in [0.25, 0.3) is 5.91 Å². The third-order valence-electron chi connectivity index (χ3n) is 2.57. The number of nitrogens with two attached hydrogens (primary N) is 1. The number of hydrogen-bond acceptors (Lipinski definition) is 3. The van der Waals surface area contributed by atoms with Crippen LogP contribution in [-0.4, -0.2) is 15.5 Å². The minimum atomic E-state index is -0.380. The summed E-state index contributed by atoms with van der Waals surface area (Å²) in [4.78, 5) is 15.6. The van der Waals surface area contributed by atoms with Crippen molar-refractivity contribution in [2.45, 2.75) is 6.54 Å². The van der Waals surface area contributed by atoms with Gasteiger partial charge in [0.2, 0.25) is 0 Å². The summed E-state index contributed by atoms with van der Waals surface area (Å²) in [6, 6.07) is 1.89. The second kappa shape index (κ2) is 4.70. The van der Waals surface area contributed by atoms with Crippen molar-refractivity contribution in [3.8, 4) is 0 Å². The van der Waals surface area contributed by atoms with Gasteiger partial charge in [0.15, 0.2) is 0 Å². The Labute approximate surface area is 109 Å². The zero-order valence-corrected chi connectivity index (χ0v) is 10.7. The number of fused-ring (bicyclic) bond motifs is 1. The van der Waals surface area contributed by atoms with Crippen LogP contribution in [0.5, 0.6) is 0 Å². The zero-order valence-electron chi connectivity index (χ0n) is 9.90. The predicted molar refractivity (Wildman–Crippen MR) is 70.9 cm³/mol. The third-order valence-corrected chi connectivity index (χ3v) is 2.87. The number of aromatic nitrogens is 2. The number of rotatable bonds is 3. The van der Waals surface area contributed by atoms with Crippen molar-refractivity contribution >= 4 is 28.5 Å². The SMILES string of the molecule is C=C(N)C(=O)NCc1cnc2c(c1)c(Cl)cn2C. The number of halogens is 1. The molecular formula is C12H13ClN4O. The van der Waals surface area contributed by atoms with E-state index in [4.69, 9.17) is 17.3 Å². The Morgan fingerprint density at radius 1 is 1.67 bits per heavy atom. The largest absolute Gasteiger partial charge is 0.395 e. The Kier molecular flexibility index (Phi) is 3.25. The number of nitrogens with one attached hydrogen (secondary N) is 1. The van der Waals surface area contributed by atoms with Gasteiger partial charge in [-0.3, -0.25) is 4.79 Å². The molecule has 0 aliphatic heterocycles. The predicted octanol–water partition coefficient (Wildman–Crippen LogP) is 1.32. The van der Waals surface area contributed by atoms with Gasteiger partial charge in [-0.2, -0.15) is 0 Å². The number of nitrogens with zero attached hydrogens (tertiary/aromatic N) is 2. The molecule has 0 saturated carbocycles. The second-order valence-electron chi connectivity index (χ2n) is 4.01. The molecule has 0 aliphatic carbocycles. The number of amides is 1. The molecule has 0 fully saturated rings. The van der Waals surface area contributed by atoms with E-state index >= 15 is 0 Å². The van der Waals surface area contributed by atoms with Crippen LogP contribution in [-0.2, 0) is 18.4 Å². The summed E-state index contributed by atoms with van der Waals surface area (Å²) < 4.78 is 1.85. The lowest BCUT2D eigenvalue weighted by atomic mass is 10.2. The Bertz CT molecular complexity index is 632. The van der Waals surface area contributed by atoms with Crippen LogP contribution < -0.4 is 11.1 Å². The highest BCUT2D eigenvalue weighted by atomic mass is 35.5. The molecule has 0 unspecified atom stereocenters. The first-order valence-corrected chi connectivity index (χ1v) is 5.69. The lowest BCUT2D eigenvalue weighted by molar-refractivity contribution is -0.117. The maximum Gasteiger partial charge on any atom is 0.266 e. The van der Waals surface area contributed by atoms with Crippen molar-refractivity contribution in [3.63, 3.8) is 0 Å². The molecule has 94 valence electrons. The fourth-order valence-corrected chi connectivity index (χ4v) is 1.94. The molecule has 0 bridgehead atoms. The summed E-state index contributed by atoms with van der Waals surface area (Å²) in [7, 11) is 1.88. The Balaban J connectivity index is 2.23. The molecule has 3 N–H and O–H groups in total. The first kappa shape index (κ1) is 12.4. The number of carbonyl (C=O) groups excluding carboxylic acids is 1. The molecule has 1 amide bonds. The molecule has 2 aromatic heterocycles. The molecule has 0 aromatic carbocycles. The lowest BCUT2D eigenvalue weighted by Gasteiger charge is -2.05. The molecule has 0 saturated heterocycles. The Morgan fingerprint density at radius 2 is 2.39 bits per heavy atom. The highest BCUT2D eigenvalue weighted by Gasteiger charge is 2.08. The van der Waals surface area contributed by atoms with Gasteiger partial charge in [0.1, 0.15) is 5.65 Å². The van der Waals surface area contributed by atoms with Gasteiger partial charge >= 0.3 is 0 Å². The maximum absolute atomic E-state index is 11.3. The van der Waals surface area contributed by atoms with Crippen LogP contribution >= 0.6 is 11.6 Å². The van der Waals surface area contributed by atoms with Gasteiger partial charge in [-0.05, 0) is 11.6 Å². The van der Waals surface area contributed by atoms with Gasteiger partial charge in [-0.1, -0.05) is 18.2 Å². The van der Waals surface area contributed by atoms with Crippen molar-refractivity contribution in [2.75, 3.05) is 0 Å². The van der Waals surface area contributed by atoms with Gasteiger partial charge in [-0.25, -0.2) is 4.98 Å². The van der Waals surface area contributed by atoms with E-state index in [9.17, 15) is 4.79 Å². The van der Waals surface area contributed by atoms with Crippen LogP contribution in [0.3, 0.4) is 0 Å². The molecule has 0 aliphatic rings. The molecule has 0 atom stereocenters. The van der Waals surface area contributed by atoms with Crippen LogP contribution in [0, 0.1) is 0 Å². The zero-order chi connectivity index (χ0) is 13.3. The van der Waals surface area contributed by atoms with Crippen molar-refractivity contribution in [1.29, 1.82) is 0 Å². The summed E-state index contributed by atoms with van der Waals surface area (Å²) >= 11 is 6.08. The number of carbonyl (C=O) groups is 1.